The third-order valence-electron chi connectivity index (χ3n) is 7.70. The van der Waals surface area contributed by atoms with Gasteiger partial charge in [0.1, 0.15) is 23.9 Å². The Morgan fingerprint density at radius 2 is 1.66 bits per heavy atom. The number of hydrogen-bond acceptors (Lipinski definition) is 5. The Bertz CT molecular complexity index is 1880. The van der Waals surface area contributed by atoms with Crippen LogP contribution in [0.5, 0.6) is 5.75 Å². The minimum atomic E-state index is -3.35. The summed E-state index contributed by atoms with van der Waals surface area (Å²) < 4.78 is 32.9. The molecule has 0 bridgehead atoms. The fourth-order valence-electron chi connectivity index (χ4n) is 5.33. The number of nitrogens with zero attached hydrogens (tertiary/aromatic N) is 3. The van der Waals surface area contributed by atoms with E-state index in [9.17, 15) is 13.2 Å². The molecule has 0 atom stereocenters. The van der Waals surface area contributed by atoms with Crippen LogP contribution in [0.15, 0.2) is 77.7 Å². The Hall–Kier alpha value is -4.37. The molecular weight excluding hydrogens is 536 g/mol. The number of aromatic amines is 1. The zero-order valence-corrected chi connectivity index (χ0v) is 24.3. The molecule has 0 saturated carbocycles. The average molecular weight is 569 g/mol. The lowest BCUT2D eigenvalue weighted by Crippen LogP contribution is -2.33. The molecule has 9 heteroatoms. The molecule has 1 amide bonds. The van der Waals surface area contributed by atoms with Crippen molar-refractivity contribution in [1.82, 2.24) is 19.4 Å². The molecule has 5 aromatic rings. The van der Waals surface area contributed by atoms with Crippen molar-refractivity contribution < 1.29 is 17.9 Å². The number of carbonyl (C=O) groups is 1. The van der Waals surface area contributed by atoms with Crippen molar-refractivity contribution in [2.75, 3.05) is 13.2 Å². The summed E-state index contributed by atoms with van der Waals surface area (Å²) in [6.07, 6.45) is 0. The molecule has 3 heterocycles. The summed E-state index contributed by atoms with van der Waals surface area (Å²) >= 11 is 0. The summed E-state index contributed by atoms with van der Waals surface area (Å²) in [6, 6.07) is 22.8. The Morgan fingerprint density at radius 1 is 0.951 bits per heavy atom. The first-order chi connectivity index (χ1) is 19.6. The molecule has 1 aliphatic rings. The van der Waals surface area contributed by atoms with Gasteiger partial charge in [0.25, 0.3) is 5.91 Å². The van der Waals surface area contributed by atoms with Crippen molar-refractivity contribution in [3.63, 3.8) is 0 Å². The molecular formula is C32H32N4O4S. The minimum Gasteiger partial charge on any atom is -0.491 e. The highest BCUT2D eigenvalue weighted by Crippen LogP contribution is 2.32. The van der Waals surface area contributed by atoms with Crippen LogP contribution in [-0.4, -0.2) is 52.2 Å². The van der Waals surface area contributed by atoms with E-state index >= 15 is 0 Å². The second kappa shape index (κ2) is 10.2. The van der Waals surface area contributed by atoms with Crippen LogP contribution in [-0.2, 0) is 23.4 Å². The maximum absolute atomic E-state index is 13.8. The van der Waals surface area contributed by atoms with Gasteiger partial charge in [0.2, 0.25) is 0 Å². The number of hydrogen-bond donors (Lipinski definition) is 1. The SMILES string of the molecule is Cc1nc2ccc(-c3ccc4c(c3)CN(C(=O)c3ccc(-c5ccc(S(=O)(=O)C(C)C)cc5)n3C)CCO4)cc2[nH]1. The number of nitrogens with one attached hydrogen (secondary N) is 1. The summed E-state index contributed by atoms with van der Waals surface area (Å²) in [7, 11) is -1.49. The van der Waals surface area contributed by atoms with Gasteiger partial charge in [0, 0.05) is 24.8 Å². The quantitative estimate of drug-likeness (QED) is 0.291. The maximum Gasteiger partial charge on any atom is 0.270 e. The van der Waals surface area contributed by atoms with Gasteiger partial charge in [0.15, 0.2) is 9.84 Å². The van der Waals surface area contributed by atoms with Gasteiger partial charge in [-0.25, -0.2) is 13.4 Å². The molecule has 210 valence electrons. The summed E-state index contributed by atoms with van der Waals surface area (Å²) in [4.78, 5) is 23.6. The van der Waals surface area contributed by atoms with Gasteiger partial charge in [-0.15, -0.1) is 0 Å². The molecule has 0 fully saturated rings. The highest BCUT2D eigenvalue weighted by molar-refractivity contribution is 7.92. The number of H-pyrrole nitrogens is 1. The number of benzene rings is 3. The summed E-state index contributed by atoms with van der Waals surface area (Å²) in [5, 5.41) is -0.490. The maximum atomic E-state index is 13.8. The number of ether oxygens (including phenoxy) is 1. The predicted molar refractivity (Wildman–Crippen MR) is 160 cm³/mol. The van der Waals surface area contributed by atoms with Gasteiger partial charge in [0.05, 0.1) is 27.7 Å². The van der Waals surface area contributed by atoms with Crippen LogP contribution >= 0.6 is 0 Å². The Morgan fingerprint density at radius 3 is 2.41 bits per heavy atom. The topological polar surface area (TPSA) is 97.3 Å². The minimum absolute atomic E-state index is 0.0889. The van der Waals surface area contributed by atoms with Gasteiger partial charge in [-0.05, 0) is 86.0 Å². The first-order valence-electron chi connectivity index (χ1n) is 13.6. The second-order valence-electron chi connectivity index (χ2n) is 10.7. The standard InChI is InChI=1S/C32H32N4O4S/c1-20(2)41(38,39)26-9-5-22(6-10-26)29-12-13-30(35(29)4)32(37)36-15-16-40-31-14-8-23(17-25(31)19-36)24-7-11-27-28(18-24)34-21(3)33-27/h5-14,17-18,20H,15-16,19H2,1-4H3,(H,33,34). The molecule has 41 heavy (non-hydrogen) atoms. The van der Waals surface area contributed by atoms with E-state index in [1.54, 1.807) is 38.1 Å². The van der Waals surface area contributed by atoms with E-state index in [-0.39, 0.29) is 5.91 Å². The number of fused-ring (bicyclic) bond motifs is 2. The lowest BCUT2D eigenvalue weighted by Gasteiger charge is -2.21. The van der Waals surface area contributed by atoms with Crippen LogP contribution < -0.4 is 4.74 Å². The molecule has 0 saturated heterocycles. The summed E-state index contributed by atoms with van der Waals surface area (Å²) in [5.74, 6) is 1.57. The lowest BCUT2D eigenvalue weighted by molar-refractivity contribution is 0.0724. The molecule has 0 radical (unpaired) electrons. The van der Waals surface area contributed by atoms with Crippen molar-refractivity contribution >= 4 is 26.8 Å². The lowest BCUT2D eigenvalue weighted by atomic mass is 10.0. The van der Waals surface area contributed by atoms with E-state index in [0.717, 1.165) is 50.6 Å². The van der Waals surface area contributed by atoms with Crippen molar-refractivity contribution in [3.05, 3.63) is 89.9 Å². The van der Waals surface area contributed by atoms with E-state index < -0.39 is 15.1 Å². The van der Waals surface area contributed by atoms with Crippen molar-refractivity contribution in [2.45, 2.75) is 37.5 Å². The number of amides is 1. The first-order valence-corrected chi connectivity index (χ1v) is 15.2. The Labute approximate surface area is 239 Å². The van der Waals surface area contributed by atoms with Gasteiger partial charge < -0.3 is 19.2 Å². The van der Waals surface area contributed by atoms with Gasteiger partial charge >= 0.3 is 0 Å². The molecule has 0 unspecified atom stereocenters. The van der Waals surface area contributed by atoms with Crippen molar-refractivity contribution in [2.24, 2.45) is 7.05 Å². The van der Waals surface area contributed by atoms with E-state index in [1.165, 1.54) is 0 Å². The van der Waals surface area contributed by atoms with Crippen LogP contribution in [0.2, 0.25) is 0 Å². The van der Waals surface area contributed by atoms with Gasteiger partial charge in [-0.1, -0.05) is 24.3 Å². The smallest absolute Gasteiger partial charge is 0.270 e. The van der Waals surface area contributed by atoms with Crippen LogP contribution in [0, 0.1) is 6.92 Å². The van der Waals surface area contributed by atoms with Crippen molar-refractivity contribution in [1.29, 1.82) is 0 Å². The van der Waals surface area contributed by atoms with E-state index in [4.69, 9.17) is 4.74 Å². The third kappa shape index (κ3) is 4.91. The van der Waals surface area contributed by atoms with E-state index in [1.807, 2.05) is 53.8 Å². The number of carbonyl (C=O) groups excluding carboxylic acids is 1. The normalized spacial score (nSPS) is 13.7. The molecule has 1 N–H and O–H groups in total. The summed E-state index contributed by atoms with van der Waals surface area (Å²) in [6.45, 7) is 6.58. The molecule has 8 nitrogen and oxygen atoms in total. The average Bonchev–Trinajstić information content (AvgIpc) is 3.45. The molecule has 3 aromatic carbocycles. The summed E-state index contributed by atoms with van der Waals surface area (Å²) in [5.41, 5.74) is 7.20. The van der Waals surface area contributed by atoms with Gasteiger partial charge in [-0.2, -0.15) is 0 Å². The second-order valence-corrected chi connectivity index (χ2v) is 13.2. The monoisotopic (exact) mass is 568 g/mol. The third-order valence-corrected chi connectivity index (χ3v) is 9.87. The fourth-order valence-corrected chi connectivity index (χ4v) is 6.39. The first kappa shape index (κ1) is 26.8. The zero-order chi connectivity index (χ0) is 28.9. The molecule has 0 spiro atoms. The van der Waals surface area contributed by atoms with E-state index in [0.29, 0.717) is 30.3 Å². The number of aryl methyl sites for hydroxylation is 1. The highest BCUT2D eigenvalue weighted by atomic mass is 32.2. The molecule has 6 rings (SSSR count). The van der Waals surface area contributed by atoms with Crippen LogP contribution in [0.25, 0.3) is 33.4 Å². The van der Waals surface area contributed by atoms with E-state index in [2.05, 4.69) is 28.2 Å². The number of sulfone groups is 1. The zero-order valence-electron chi connectivity index (χ0n) is 23.5. The molecule has 0 aliphatic carbocycles. The predicted octanol–water partition coefficient (Wildman–Crippen LogP) is 5.76. The molecule has 1 aliphatic heterocycles. The van der Waals surface area contributed by atoms with Crippen LogP contribution in [0.3, 0.4) is 0 Å². The molecule has 2 aromatic heterocycles. The largest absolute Gasteiger partial charge is 0.491 e. The van der Waals surface area contributed by atoms with Crippen LogP contribution in [0.1, 0.15) is 35.7 Å². The highest BCUT2D eigenvalue weighted by Gasteiger charge is 2.25. The Kier molecular flexibility index (Phi) is 6.69. The Balaban J connectivity index is 1.25. The van der Waals surface area contributed by atoms with Crippen molar-refractivity contribution in [3.8, 4) is 28.1 Å². The fraction of sp³-hybridized carbons (Fsp3) is 0.250. The number of rotatable bonds is 5. The number of imidazole rings is 1. The van der Waals surface area contributed by atoms with Crippen LogP contribution in [0.4, 0.5) is 0 Å². The van der Waals surface area contributed by atoms with Gasteiger partial charge in [-0.3, -0.25) is 4.79 Å². The number of aromatic nitrogens is 3.